The van der Waals surface area contributed by atoms with Gasteiger partial charge in [0, 0.05) is 18.3 Å². The average molecular weight is 206 g/mol. The summed E-state index contributed by atoms with van der Waals surface area (Å²) >= 11 is 0. The number of allylic oxidation sites excluding steroid dienone is 4. The van der Waals surface area contributed by atoms with E-state index in [2.05, 4.69) is 11.8 Å². The zero-order chi connectivity index (χ0) is 10.8. The van der Waals surface area contributed by atoms with Gasteiger partial charge in [0.05, 0.1) is 12.5 Å². The van der Waals surface area contributed by atoms with Crippen molar-refractivity contribution in [2.75, 3.05) is 7.05 Å². The normalized spacial score (nSPS) is 18.1. The molecule has 0 fully saturated rings. The van der Waals surface area contributed by atoms with Gasteiger partial charge in [0.25, 0.3) is 0 Å². The van der Waals surface area contributed by atoms with Gasteiger partial charge in [-0.25, -0.2) is 4.79 Å². The van der Waals surface area contributed by atoms with Crippen molar-refractivity contribution in [3.05, 3.63) is 42.6 Å². The Kier molecular flexibility index (Phi) is 2.49. The summed E-state index contributed by atoms with van der Waals surface area (Å²) < 4.78 is 9.51. The quantitative estimate of drug-likeness (QED) is 0.660. The lowest BCUT2D eigenvalue weighted by molar-refractivity contribution is 0.155. The largest absolute Gasteiger partial charge is 0.472 e. The molecule has 0 saturated heterocycles. The first-order chi connectivity index (χ1) is 7.24. The predicted molar refractivity (Wildman–Crippen MR) is 54.2 cm³/mol. The Bertz CT molecular complexity index is 379. The molecule has 1 amide bonds. The van der Waals surface area contributed by atoms with Crippen LogP contribution >= 0.6 is 0 Å². The minimum atomic E-state index is -0.446. The summed E-state index contributed by atoms with van der Waals surface area (Å²) in [5.41, 5.74) is 3.12. The van der Waals surface area contributed by atoms with Gasteiger partial charge in [0.15, 0.2) is 0 Å². The number of hydrogen-bond donors (Lipinski definition) is 0. The van der Waals surface area contributed by atoms with Gasteiger partial charge >= 0.3 is 6.09 Å². The Balaban J connectivity index is 2.29. The van der Waals surface area contributed by atoms with Gasteiger partial charge in [-0.1, -0.05) is 0 Å². The Labute approximate surface area is 88.5 Å². The molecule has 0 unspecified atom stereocenters. The molecule has 1 aliphatic carbocycles. The molecule has 1 heterocycles. The first-order valence-corrected chi connectivity index (χ1v) is 4.68. The number of ether oxygens (including phenoxy) is 2. The number of carbonyl (C=O) groups is 1. The summed E-state index contributed by atoms with van der Waals surface area (Å²) in [4.78, 5) is 12.8. The fraction of sp³-hybridized carbons (Fsp3) is 0.273. The fourth-order valence-corrected chi connectivity index (χ4v) is 1.82. The van der Waals surface area contributed by atoms with Gasteiger partial charge in [-0.15, -0.1) is 0 Å². The number of nitrogens with zero attached hydrogens (tertiary/aromatic N) is 1. The van der Waals surface area contributed by atoms with Gasteiger partial charge in [0.1, 0.15) is 7.11 Å². The summed E-state index contributed by atoms with van der Waals surface area (Å²) in [7, 11) is 4.79. The summed E-state index contributed by atoms with van der Waals surface area (Å²) in [5.74, 6) is 0. The smallest absolute Gasteiger partial charge is 0.413 e. The lowest BCUT2D eigenvalue weighted by Crippen LogP contribution is -2.25. The van der Waals surface area contributed by atoms with Crippen LogP contribution in [0.1, 0.15) is 12.8 Å². The number of carbonyl (C=O) groups excluding carboxylic acids is 1. The second-order valence-corrected chi connectivity index (χ2v) is 3.41. The van der Waals surface area contributed by atoms with E-state index in [1.165, 1.54) is 4.90 Å². The molecule has 2 aliphatic rings. The van der Waals surface area contributed by atoms with Crippen molar-refractivity contribution in [3.63, 3.8) is 0 Å². The Morgan fingerprint density at radius 2 is 2.40 bits per heavy atom. The highest BCUT2D eigenvalue weighted by Gasteiger charge is 2.25. The maximum absolute atomic E-state index is 11.3. The molecule has 0 aromatic carbocycles. The van der Waals surface area contributed by atoms with E-state index in [0.29, 0.717) is 0 Å². The molecule has 15 heavy (non-hydrogen) atoms. The van der Waals surface area contributed by atoms with Crippen molar-refractivity contribution < 1.29 is 14.3 Å². The van der Waals surface area contributed by atoms with E-state index in [-0.39, 0.29) is 0 Å². The monoisotopic (exact) mass is 206 g/mol. The Morgan fingerprint density at radius 3 is 3.13 bits per heavy atom. The molecule has 0 N–H and O–H groups in total. The number of hydrogen-bond acceptors (Lipinski definition) is 3. The lowest BCUT2D eigenvalue weighted by atomic mass is 10.1. The van der Waals surface area contributed by atoms with Crippen molar-refractivity contribution in [2.24, 2.45) is 0 Å². The molecule has 0 bridgehead atoms. The topological polar surface area (TPSA) is 38.8 Å². The minimum absolute atomic E-state index is 0.446. The highest BCUT2D eigenvalue weighted by molar-refractivity contribution is 5.71. The van der Waals surface area contributed by atoms with E-state index >= 15 is 0 Å². The van der Waals surface area contributed by atoms with E-state index < -0.39 is 6.09 Å². The molecule has 0 spiro atoms. The van der Waals surface area contributed by atoms with Crippen molar-refractivity contribution in [2.45, 2.75) is 12.8 Å². The van der Waals surface area contributed by atoms with Crippen LogP contribution in [0.25, 0.3) is 0 Å². The second-order valence-electron chi connectivity index (χ2n) is 3.41. The first-order valence-electron chi connectivity index (χ1n) is 4.68. The average Bonchev–Trinajstić information content (AvgIpc) is 2.70. The molecule has 0 aromatic heterocycles. The molecular formula is C11H12NO3. The Morgan fingerprint density at radius 1 is 1.60 bits per heavy atom. The van der Waals surface area contributed by atoms with Crippen LogP contribution in [-0.2, 0) is 9.47 Å². The zero-order valence-corrected chi connectivity index (χ0v) is 8.53. The molecule has 0 atom stereocenters. The minimum Gasteiger partial charge on any atom is -0.472 e. The van der Waals surface area contributed by atoms with Crippen molar-refractivity contribution in [1.29, 1.82) is 0 Å². The van der Waals surface area contributed by atoms with Gasteiger partial charge in [-0.2, -0.15) is 0 Å². The summed E-state index contributed by atoms with van der Waals surface area (Å²) in [6.45, 7) is 0. The SMILES string of the molecule is [CH2]OC(=O)N(C)C1=C2C=COC=C2CC1. The molecule has 79 valence electrons. The molecule has 1 aliphatic heterocycles. The molecule has 1 radical (unpaired) electrons. The highest BCUT2D eigenvalue weighted by Crippen LogP contribution is 2.35. The van der Waals surface area contributed by atoms with Crippen LogP contribution in [0.15, 0.2) is 35.4 Å². The summed E-state index contributed by atoms with van der Waals surface area (Å²) in [5, 5.41) is 0. The van der Waals surface area contributed by atoms with Crippen molar-refractivity contribution in [1.82, 2.24) is 4.90 Å². The summed E-state index contributed by atoms with van der Waals surface area (Å²) in [6.07, 6.45) is 6.45. The second kappa shape index (κ2) is 3.81. The third kappa shape index (κ3) is 1.63. The molecule has 0 saturated carbocycles. The summed E-state index contributed by atoms with van der Waals surface area (Å²) in [6, 6.07) is 0. The predicted octanol–water partition coefficient (Wildman–Crippen LogP) is 2.32. The van der Waals surface area contributed by atoms with E-state index in [4.69, 9.17) is 4.74 Å². The van der Waals surface area contributed by atoms with Gasteiger partial charge < -0.3 is 9.47 Å². The maximum atomic E-state index is 11.3. The number of fused-ring (bicyclic) bond motifs is 1. The van der Waals surface area contributed by atoms with Crippen molar-refractivity contribution >= 4 is 6.09 Å². The Hall–Kier alpha value is -1.71. The number of rotatable bonds is 1. The zero-order valence-electron chi connectivity index (χ0n) is 8.53. The van der Waals surface area contributed by atoms with E-state index in [9.17, 15) is 4.79 Å². The lowest BCUT2D eigenvalue weighted by Gasteiger charge is -2.18. The molecule has 2 rings (SSSR count). The first kappa shape index (κ1) is 9.83. The van der Waals surface area contributed by atoms with Gasteiger partial charge in [0.2, 0.25) is 0 Å². The third-order valence-electron chi connectivity index (χ3n) is 2.61. The van der Waals surface area contributed by atoms with Crippen LogP contribution in [0.5, 0.6) is 0 Å². The van der Waals surface area contributed by atoms with Gasteiger partial charge in [-0.05, 0) is 24.5 Å². The molecule has 4 nitrogen and oxygen atoms in total. The third-order valence-corrected chi connectivity index (χ3v) is 2.61. The molecule has 0 aromatic rings. The molecular weight excluding hydrogens is 194 g/mol. The highest BCUT2D eigenvalue weighted by atomic mass is 16.5. The van der Waals surface area contributed by atoms with Crippen LogP contribution in [-0.4, -0.2) is 18.0 Å². The maximum Gasteiger partial charge on any atom is 0.413 e. The van der Waals surface area contributed by atoms with Crippen LogP contribution in [0, 0.1) is 7.11 Å². The van der Waals surface area contributed by atoms with Crippen LogP contribution < -0.4 is 0 Å². The van der Waals surface area contributed by atoms with Crippen molar-refractivity contribution in [3.8, 4) is 0 Å². The van der Waals surface area contributed by atoms with E-state index in [0.717, 1.165) is 29.7 Å². The van der Waals surface area contributed by atoms with Crippen LogP contribution in [0.3, 0.4) is 0 Å². The van der Waals surface area contributed by atoms with E-state index in [1.54, 1.807) is 19.6 Å². The van der Waals surface area contributed by atoms with Crippen LogP contribution in [0.4, 0.5) is 4.79 Å². The van der Waals surface area contributed by atoms with Gasteiger partial charge in [-0.3, -0.25) is 4.90 Å². The van der Waals surface area contributed by atoms with Crippen LogP contribution in [0.2, 0.25) is 0 Å². The molecule has 4 heteroatoms. The standard InChI is InChI=1S/C11H12NO3/c1-12(11(13)14-2)10-4-3-8-7-15-6-5-9(8)10/h5-7H,2-4H2,1H3. The van der Waals surface area contributed by atoms with E-state index in [1.807, 2.05) is 6.08 Å². The fourth-order valence-electron chi connectivity index (χ4n) is 1.82. The number of amides is 1.